The Bertz CT molecular complexity index is 439. The number of carbonyl (C=O) groups excluding carboxylic acids is 1. The van der Waals surface area contributed by atoms with E-state index in [0.717, 1.165) is 0 Å². The maximum absolute atomic E-state index is 11.7. The fraction of sp³-hybridized carbons (Fsp3) is 0.250. The van der Waals surface area contributed by atoms with Crippen molar-refractivity contribution >= 4 is 29.0 Å². The first-order chi connectivity index (χ1) is 7.52. The van der Waals surface area contributed by atoms with E-state index in [-0.39, 0.29) is 21.6 Å². The molecular weight excluding hydrogens is 247 g/mol. The van der Waals surface area contributed by atoms with Crippen LogP contribution in [0.15, 0.2) is 18.7 Å². The lowest BCUT2D eigenvalue weighted by Crippen LogP contribution is -2.03. The van der Waals surface area contributed by atoms with Crippen LogP contribution in [0.1, 0.15) is 29.3 Å². The van der Waals surface area contributed by atoms with E-state index in [4.69, 9.17) is 23.2 Å². The van der Waals surface area contributed by atoms with Crippen molar-refractivity contribution in [3.63, 3.8) is 0 Å². The number of halogens is 2. The molecule has 16 heavy (non-hydrogen) atoms. The Balaban J connectivity index is 3.46. The van der Waals surface area contributed by atoms with Crippen LogP contribution in [0.5, 0.6) is 5.75 Å². The molecule has 0 fully saturated rings. The monoisotopic (exact) mass is 258 g/mol. The number of rotatable bonds is 4. The second-order valence-corrected chi connectivity index (χ2v) is 4.10. The molecule has 2 nitrogen and oxygen atoms in total. The first kappa shape index (κ1) is 13.1. The van der Waals surface area contributed by atoms with E-state index in [1.165, 1.54) is 6.07 Å². The van der Waals surface area contributed by atoms with Crippen LogP contribution in [-0.2, 0) is 6.42 Å². The number of hydrogen-bond donors (Lipinski definition) is 1. The highest BCUT2D eigenvalue weighted by atomic mass is 35.5. The van der Waals surface area contributed by atoms with Gasteiger partial charge in [0.05, 0.1) is 5.02 Å². The summed E-state index contributed by atoms with van der Waals surface area (Å²) in [6, 6.07) is 1.49. The Morgan fingerprint density at radius 3 is 2.69 bits per heavy atom. The molecule has 86 valence electrons. The quantitative estimate of drug-likeness (QED) is 0.655. The molecule has 0 aliphatic rings. The van der Waals surface area contributed by atoms with E-state index in [9.17, 15) is 9.90 Å². The zero-order chi connectivity index (χ0) is 12.3. The molecule has 0 aliphatic heterocycles. The highest BCUT2D eigenvalue weighted by Gasteiger charge is 2.18. The van der Waals surface area contributed by atoms with Crippen LogP contribution < -0.4 is 0 Å². The fourth-order valence-electron chi connectivity index (χ4n) is 1.44. The first-order valence-corrected chi connectivity index (χ1v) is 5.62. The number of hydrogen-bond acceptors (Lipinski definition) is 2. The van der Waals surface area contributed by atoms with E-state index in [0.29, 0.717) is 24.0 Å². The van der Waals surface area contributed by atoms with Crippen LogP contribution in [0.3, 0.4) is 0 Å². The van der Waals surface area contributed by atoms with E-state index in [1.807, 2.05) is 0 Å². The van der Waals surface area contributed by atoms with Gasteiger partial charge in [0.15, 0.2) is 5.78 Å². The molecular formula is C12H12Cl2O2. The van der Waals surface area contributed by atoms with Gasteiger partial charge in [0.2, 0.25) is 0 Å². The van der Waals surface area contributed by atoms with Crippen molar-refractivity contribution in [1.82, 2.24) is 0 Å². The maximum atomic E-state index is 11.7. The third-order valence-corrected chi connectivity index (χ3v) is 3.05. The van der Waals surface area contributed by atoms with Crippen LogP contribution in [0.2, 0.25) is 10.0 Å². The summed E-state index contributed by atoms with van der Waals surface area (Å²) in [5.74, 6) is -0.211. The summed E-state index contributed by atoms with van der Waals surface area (Å²) in [5, 5.41) is 10.1. The van der Waals surface area contributed by atoms with Crippen molar-refractivity contribution in [2.75, 3.05) is 0 Å². The average Bonchev–Trinajstić information content (AvgIpc) is 2.28. The highest BCUT2D eigenvalue weighted by Crippen LogP contribution is 2.37. The minimum atomic E-state index is -0.133. The van der Waals surface area contributed by atoms with Gasteiger partial charge in [0, 0.05) is 17.5 Å². The molecule has 0 atom stereocenters. The third kappa shape index (κ3) is 2.39. The second kappa shape index (κ2) is 5.37. The zero-order valence-electron chi connectivity index (χ0n) is 8.89. The Hall–Kier alpha value is -0.990. The average molecular weight is 259 g/mol. The Kier molecular flexibility index (Phi) is 4.39. The standard InChI is InChI=1S/C12H12Cl2O2/c1-3-5-7-8(10(15)4-2)6-9(13)11(14)12(7)16/h3,6,16H,1,4-5H2,2H3. The van der Waals surface area contributed by atoms with Gasteiger partial charge in [-0.25, -0.2) is 0 Å². The number of allylic oxidation sites excluding steroid dienone is 1. The Labute approximate surface area is 104 Å². The second-order valence-electron chi connectivity index (χ2n) is 3.32. The lowest BCUT2D eigenvalue weighted by atomic mass is 9.98. The summed E-state index contributed by atoms with van der Waals surface area (Å²) in [5.41, 5.74) is 0.894. The summed E-state index contributed by atoms with van der Waals surface area (Å²) >= 11 is 11.6. The molecule has 4 heteroatoms. The number of carbonyl (C=O) groups is 1. The van der Waals surface area contributed by atoms with Gasteiger partial charge < -0.3 is 5.11 Å². The van der Waals surface area contributed by atoms with Crippen molar-refractivity contribution in [2.24, 2.45) is 0 Å². The first-order valence-electron chi connectivity index (χ1n) is 4.86. The molecule has 0 saturated heterocycles. The zero-order valence-corrected chi connectivity index (χ0v) is 10.4. The van der Waals surface area contributed by atoms with Gasteiger partial charge in [-0.3, -0.25) is 4.79 Å². The highest BCUT2D eigenvalue weighted by molar-refractivity contribution is 6.43. The molecule has 1 aromatic rings. The number of ketones is 1. The van der Waals surface area contributed by atoms with Crippen molar-refractivity contribution in [1.29, 1.82) is 0 Å². The van der Waals surface area contributed by atoms with Gasteiger partial charge in [-0.05, 0) is 12.5 Å². The Morgan fingerprint density at radius 1 is 1.56 bits per heavy atom. The van der Waals surface area contributed by atoms with Gasteiger partial charge in [-0.1, -0.05) is 36.2 Å². The molecule has 0 saturated carbocycles. The third-order valence-electron chi connectivity index (χ3n) is 2.27. The molecule has 0 aromatic heterocycles. The van der Waals surface area contributed by atoms with Crippen molar-refractivity contribution < 1.29 is 9.90 Å². The molecule has 1 rings (SSSR count). The molecule has 0 spiro atoms. The lowest BCUT2D eigenvalue weighted by molar-refractivity contribution is 0.0987. The summed E-state index contributed by atoms with van der Waals surface area (Å²) in [4.78, 5) is 11.7. The molecule has 0 unspecified atom stereocenters. The number of aromatic hydroxyl groups is 1. The van der Waals surface area contributed by atoms with Gasteiger partial charge in [0.1, 0.15) is 10.8 Å². The summed E-state index contributed by atoms with van der Waals surface area (Å²) in [6.07, 6.45) is 2.33. The van der Waals surface area contributed by atoms with Crippen LogP contribution in [-0.4, -0.2) is 10.9 Å². The van der Waals surface area contributed by atoms with E-state index in [1.54, 1.807) is 13.0 Å². The number of phenolic OH excluding ortho intramolecular Hbond substituents is 1. The smallest absolute Gasteiger partial charge is 0.163 e. The van der Waals surface area contributed by atoms with E-state index < -0.39 is 0 Å². The topological polar surface area (TPSA) is 37.3 Å². The van der Waals surface area contributed by atoms with E-state index in [2.05, 4.69) is 6.58 Å². The predicted octanol–water partition coefficient (Wildman–Crippen LogP) is 4.02. The number of phenols is 1. The molecule has 0 amide bonds. The summed E-state index contributed by atoms with van der Waals surface area (Å²) in [6.45, 7) is 5.33. The van der Waals surface area contributed by atoms with Gasteiger partial charge >= 0.3 is 0 Å². The minimum absolute atomic E-state index is 0.0752. The number of benzene rings is 1. The minimum Gasteiger partial charge on any atom is -0.506 e. The SMILES string of the molecule is C=CCc1c(C(=O)CC)cc(Cl)c(Cl)c1O. The van der Waals surface area contributed by atoms with Crippen molar-refractivity contribution in [3.8, 4) is 5.75 Å². The maximum Gasteiger partial charge on any atom is 0.163 e. The largest absolute Gasteiger partial charge is 0.506 e. The summed E-state index contributed by atoms with van der Waals surface area (Å²) < 4.78 is 0. The van der Waals surface area contributed by atoms with Crippen LogP contribution >= 0.6 is 23.2 Å². The molecule has 1 aromatic carbocycles. The van der Waals surface area contributed by atoms with Crippen LogP contribution in [0.4, 0.5) is 0 Å². The van der Waals surface area contributed by atoms with Gasteiger partial charge in [0.25, 0.3) is 0 Å². The van der Waals surface area contributed by atoms with Crippen LogP contribution in [0, 0.1) is 0 Å². The summed E-state index contributed by atoms with van der Waals surface area (Å²) in [7, 11) is 0. The Morgan fingerprint density at radius 2 is 2.19 bits per heavy atom. The lowest BCUT2D eigenvalue weighted by Gasteiger charge is -2.11. The number of Topliss-reactive ketones (excluding diaryl/α,β-unsaturated/α-hetero) is 1. The molecule has 1 N–H and O–H groups in total. The molecule has 0 heterocycles. The predicted molar refractivity (Wildman–Crippen MR) is 66.6 cm³/mol. The normalized spacial score (nSPS) is 10.2. The van der Waals surface area contributed by atoms with E-state index >= 15 is 0 Å². The molecule has 0 aliphatic carbocycles. The molecule has 0 bridgehead atoms. The molecule has 0 radical (unpaired) electrons. The van der Waals surface area contributed by atoms with Crippen LogP contribution in [0.25, 0.3) is 0 Å². The van der Waals surface area contributed by atoms with Gasteiger partial charge in [-0.15, -0.1) is 6.58 Å². The fourth-order valence-corrected chi connectivity index (χ4v) is 1.81. The van der Waals surface area contributed by atoms with Gasteiger partial charge in [-0.2, -0.15) is 0 Å². The van der Waals surface area contributed by atoms with Crippen molar-refractivity contribution in [3.05, 3.63) is 39.9 Å². The van der Waals surface area contributed by atoms with Crippen molar-refractivity contribution in [2.45, 2.75) is 19.8 Å².